The molecule has 312 valence electrons. The number of carbonyl (C=O) groups excluding carboxylic acids is 4. The van der Waals surface area contributed by atoms with E-state index >= 15 is 0 Å². The summed E-state index contributed by atoms with van der Waals surface area (Å²) in [7, 11) is -2.51. The molecule has 3 heterocycles. The molecule has 6 rings (SSSR count). The first-order valence-electron chi connectivity index (χ1n) is 19.8. The normalized spacial score (nSPS) is 29.5. The smallest absolute Gasteiger partial charge is 0.408 e. The zero-order valence-electron chi connectivity index (χ0n) is 33.8. The molecule has 1 aromatic carbocycles. The highest BCUT2D eigenvalue weighted by atomic mass is 32.2. The van der Waals surface area contributed by atoms with Crippen LogP contribution in [0.5, 0.6) is 5.88 Å². The number of methoxy groups -OCH3 is 1. The Morgan fingerprint density at radius 3 is 2.44 bits per heavy atom. The number of aromatic nitrogens is 2. The third-order valence-corrected chi connectivity index (χ3v) is 13.7. The fraction of sp³-hybridized carbons (Fsp3) is 0.650. The van der Waals surface area contributed by atoms with Crippen molar-refractivity contribution in [2.75, 3.05) is 20.3 Å². The number of hydrogen-bond donors (Lipinski definition) is 3. The van der Waals surface area contributed by atoms with Crippen molar-refractivity contribution in [3.63, 3.8) is 0 Å². The van der Waals surface area contributed by atoms with E-state index in [0.717, 1.165) is 6.42 Å². The molecule has 0 radical (unpaired) electrons. The number of sulfonamides is 1. The van der Waals surface area contributed by atoms with Crippen LogP contribution >= 0.6 is 0 Å². The maximum atomic E-state index is 14.8. The Morgan fingerprint density at radius 1 is 1.07 bits per heavy atom. The molecular weight excluding hydrogens is 757 g/mol. The second-order valence-electron chi connectivity index (χ2n) is 17.5. The molecule has 2 aromatic rings. The predicted octanol–water partition coefficient (Wildman–Crippen LogP) is 3.17. The number of fused-ring (bicyclic) bond motifs is 3. The van der Waals surface area contributed by atoms with Crippen LogP contribution in [-0.2, 0) is 40.4 Å². The molecule has 3 N–H and O–H groups in total. The summed E-state index contributed by atoms with van der Waals surface area (Å²) < 4.78 is 46.1. The van der Waals surface area contributed by atoms with Gasteiger partial charge in [0.25, 0.3) is 11.5 Å². The predicted molar refractivity (Wildman–Crippen MR) is 211 cm³/mol. The Hall–Kier alpha value is -4.51. The summed E-state index contributed by atoms with van der Waals surface area (Å²) in [6, 6.07) is 4.55. The fourth-order valence-corrected chi connectivity index (χ4v) is 9.12. The summed E-state index contributed by atoms with van der Waals surface area (Å²) in [4.78, 5) is 71.2. The highest BCUT2D eigenvalue weighted by molar-refractivity contribution is 7.91. The van der Waals surface area contributed by atoms with Crippen molar-refractivity contribution in [3.8, 4) is 5.88 Å². The van der Waals surface area contributed by atoms with Gasteiger partial charge in [-0.3, -0.25) is 23.9 Å². The third kappa shape index (κ3) is 9.14. The number of alkyl carbamates (subject to hydrolysis) is 1. The molecule has 16 nitrogen and oxygen atoms in total. The summed E-state index contributed by atoms with van der Waals surface area (Å²) in [5.41, 5.74) is -2.75. The minimum atomic E-state index is -4.03. The SMILES string of the molecule is COCCn1nc(O[C@@H]2C[C@H]3C(=O)N[C@]4(C(=O)NS(=O)(=O)C5(C)CC5)C[C@H]4/C=C\CC[C@H](C)C[C@@H](C)[C@H](NC(=O)OC(C)(C)C)C(=O)N3C2)c2ccccc2c1=O. The number of ether oxygens (including phenoxy) is 3. The summed E-state index contributed by atoms with van der Waals surface area (Å²) in [6.45, 7) is 10.9. The third-order valence-electron chi connectivity index (χ3n) is 11.5. The summed E-state index contributed by atoms with van der Waals surface area (Å²) in [5, 5.41) is 11.0. The maximum Gasteiger partial charge on any atom is 0.408 e. The Labute approximate surface area is 333 Å². The van der Waals surface area contributed by atoms with Crippen molar-refractivity contribution < 1.29 is 41.8 Å². The van der Waals surface area contributed by atoms with Gasteiger partial charge < -0.3 is 29.7 Å². The van der Waals surface area contributed by atoms with E-state index in [9.17, 15) is 32.4 Å². The van der Waals surface area contributed by atoms with Crippen LogP contribution in [0.1, 0.15) is 86.5 Å². The maximum absolute atomic E-state index is 14.8. The van der Waals surface area contributed by atoms with Crippen LogP contribution in [-0.4, -0.2) is 101 Å². The Kier molecular flexibility index (Phi) is 11.8. The largest absolute Gasteiger partial charge is 0.471 e. The molecular formula is C40H56N6O10S. The summed E-state index contributed by atoms with van der Waals surface area (Å²) in [5.74, 6) is -2.66. The first-order valence-corrected chi connectivity index (χ1v) is 21.3. The Bertz CT molecular complexity index is 2090. The van der Waals surface area contributed by atoms with Crippen LogP contribution in [0, 0.1) is 17.8 Å². The van der Waals surface area contributed by atoms with E-state index in [1.165, 1.54) is 16.7 Å². The molecule has 57 heavy (non-hydrogen) atoms. The lowest BCUT2D eigenvalue weighted by molar-refractivity contribution is -0.142. The highest BCUT2D eigenvalue weighted by Gasteiger charge is 2.63. The molecule has 1 saturated heterocycles. The molecule has 0 bridgehead atoms. The summed E-state index contributed by atoms with van der Waals surface area (Å²) in [6.07, 6.45) is 5.12. The van der Waals surface area contributed by atoms with Gasteiger partial charge in [0.1, 0.15) is 29.3 Å². The van der Waals surface area contributed by atoms with Gasteiger partial charge in [-0.25, -0.2) is 17.9 Å². The van der Waals surface area contributed by atoms with Crippen LogP contribution in [0.25, 0.3) is 10.8 Å². The molecule has 0 spiro atoms. The Morgan fingerprint density at radius 2 is 1.77 bits per heavy atom. The molecule has 2 aliphatic heterocycles. The number of allylic oxidation sites excluding steroid dienone is 1. The fourth-order valence-electron chi connectivity index (χ4n) is 7.81. The van der Waals surface area contributed by atoms with Crippen LogP contribution in [0.3, 0.4) is 0 Å². The second-order valence-corrected chi connectivity index (χ2v) is 19.7. The highest BCUT2D eigenvalue weighted by Crippen LogP contribution is 2.47. The average Bonchev–Trinajstić information content (AvgIpc) is 4.02. The van der Waals surface area contributed by atoms with Gasteiger partial charge in [-0.1, -0.05) is 38.1 Å². The van der Waals surface area contributed by atoms with Crippen LogP contribution in [0.4, 0.5) is 4.79 Å². The quantitative estimate of drug-likeness (QED) is 0.314. The molecule has 4 amide bonds. The van der Waals surface area contributed by atoms with Gasteiger partial charge in [-0.15, -0.1) is 5.10 Å². The average molecular weight is 813 g/mol. The first kappa shape index (κ1) is 42.1. The van der Waals surface area contributed by atoms with Crippen LogP contribution in [0.2, 0.25) is 0 Å². The molecule has 17 heteroatoms. The number of carbonyl (C=O) groups is 4. The molecule has 2 aliphatic carbocycles. The number of amides is 4. The van der Waals surface area contributed by atoms with E-state index in [-0.39, 0.29) is 55.8 Å². The first-order chi connectivity index (χ1) is 26.8. The Balaban J connectivity index is 1.37. The number of hydrogen-bond acceptors (Lipinski definition) is 11. The van der Waals surface area contributed by atoms with E-state index < -0.39 is 73.8 Å². The van der Waals surface area contributed by atoms with Crippen molar-refractivity contribution in [2.45, 2.75) is 127 Å². The minimum Gasteiger partial charge on any atom is -0.471 e. The van der Waals surface area contributed by atoms with E-state index in [1.807, 2.05) is 19.1 Å². The van der Waals surface area contributed by atoms with Gasteiger partial charge in [0.2, 0.25) is 27.7 Å². The van der Waals surface area contributed by atoms with E-state index in [2.05, 4.69) is 27.4 Å². The van der Waals surface area contributed by atoms with Gasteiger partial charge in [0, 0.05) is 19.4 Å². The van der Waals surface area contributed by atoms with Crippen molar-refractivity contribution >= 4 is 44.6 Å². The molecule has 2 saturated carbocycles. The number of nitrogens with zero attached hydrogens (tertiary/aromatic N) is 3. The zero-order chi connectivity index (χ0) is 41.5. The topological polar surface area (TPSA) is 204 Å². The van der Waals surface area contributed by atoms with Crippen molar-refractivity contribution in [1.29, 1.82) is 0 Å². The van der Waals surface area contributed by atoms with Gasteiger partial charge in [0.15, 0.2) is 0 Å². The number of benzene rings is 1. The van der Waals surface area contributed by atoms with Crippen molar-refractivity contribution in [2.24, 2.45) is 17.8 Å². The lowest BCUT2D eigenvalue weighted by Crippen LogP contribution is -2.59. The number of rotatable bonds is 9. The van der Waals surface area contributed by atoms with Crippen LogP contribution in [0.15, 0.2) is 41.2 Å². The lowest BCUT2D eigenvalue weighted by Gasteiger charge is -2.33. The van der Waals surface area contributed by atoms with Gasteiger partial charge in [-0.05, 0) is 90.2 Å². The van der Waals surface area contributed by atoms with Crippen molar-refractivity contribution in [3.05, 3.63) is 46.8 Å². The van der Waals surface area contributed by atoms with Crippen molar-refractivity contribution in [1.82, 2.24) is 30.0 Å². The van der Waals surface area contributed by atoms with Gasteiger partial charge >= 0.3 is 6.09 Å². The standard InChI is InChI=1S/C40H56N6O10S/c1-24-12-8-9-13-26-22-40(26,36(50)44-57(52,53)39(6)16-17-39)42-32(47)30-21-27(23-45(30)35(49)31(25(2)20-24)41-37(51)56-38(3,4)5)55-33-28-14-10-11-15-29(28)34(48)46(43-33)18-19-54-7/h9-11,13-15,24-27,30-31H,8,12,16-23H2,1-7H3,(H,41,51)(H,42,47)(H,44,50)/b13-9-/t24-,25+,26+,27+,30-,31-,40+/m0/s1. The molecule has 0 unspecified atom stereocenters. The van der Waals surface area contributed by atoms with Gasteiger partial charge in [-0.2, -0.15) is 0 Å². The zero-order valence-corrected chi connectivity index (χ0v) is 34.6. The lowest BCUT2D eigenvalue weighted by atomic mass is 9.88. The second kappa shape index (κ2) is 16.0. The van der Waals surface area contributed by atoms with E-state index in [0.29, 0.717) is 36.5 Å². The minimum absolute atomic E-state index is 0.0384. The number of nitrogens with one attached hydrogen (secondary N) is 3. The molecule has 7 atom stereocenters. The molecule has 1 aromatic heterocycles. The molecule has 3 fully saturated rings. The van der Waals surface area contributed by atoms with E-state index in [1.54, 1.807) is 52.0 Å². The van der Waals surface area contributed by atoms with Crippen LogP contribution < -0.4 is 25.7 Å². The van der Waals surface area contributed by atoms with E-state index in [4.69, 9.17) is 14.2 Å². The van der Waals surface area contributed by atoms with Gasteiger partial charge in [0.05, 0.1) is 35.2 Å². The summed E-state index contributed by atoms with van der Waals surface area (Å²) >= 11 is 0. The monoisotopic (exact) mass is 812 g/mol. The molecule has 4 aliphatic rings.